The van der Waals surface area contributed by atoms with Crippen LogP contribution in [0, 0.1) is 5.92 Å². The van der Waals surface area contributed by atoms with Crippen LogP contribution in [0.4, 0.5) is 11.5 Å². The quantitative estimate of drug-likeness (QED) is 0.498. The van der Waals surface area contributed by atoms with Crippen LogP contribution in [0.1, 0.15) is 83.9 Å². The first-order chi connectivity index (χ1) is 16.8. The molecule has 1 aliphatic carbocycles. The number of Topliss-reactive ketones (excluding diaryl/α,β-unsaturated/α-hetero) is 1. The number of aromatic nitrogens is 1. The molecule has 1 aliphatic heterocycles. The molecule has 4 atom stereocenters. The van der Waals surface area contributed by atoms with Crippen LogP contribution in [0.2, 0.25) is 0 Å². The monoisotopic (exact) mass is 477 g/mol. The van der Waals surface area contributed by atoms with E-state index in [1.807, 2.05) is 26.0 Å². The first-order valence-corrected chi connectivity index (χ1v) is 12.5. The van der Waals surface area contributed by atoms with Crippen LogP contribution in [0.15, 0.2) is 36.5 Å². The molecule has 35 heavy (non-hydrogen) atoms. The van der Waals surface area contributed by atoms with E-state index in [2.05, 4.69) is 20.5 Å². The van der Waals surface area contributed by atoms with E-state index in [1.54, 1.807) is 31.3 Å². The van der Waals surface area contributed by atoms with Crippen molar-refractivity contribution in [2.45, 2.75) is 71.0 Å². The predicted molar refractivity (Wildman–Crippen MR) is 137 cm³/mol. The van der Waals surface area contributed by atoms with Gasteiger partial charge in [-0.3, -0.25) is 14.4 Å². The number of nitrogens with two attached hydrogens (primary N) is 1. The Labute approximate surface area is 206 Å². The van der Waals surface area contributed by atoms with Crippen LogP contribution < -0.4 is 21.3 Å². The summed E-state index contributed by atoms with van der Waals surface area (Å²) in [5, 5.41) is 6.51. The molecule has 8 nitrogen and oxygen atoms in total. The topological polar surface area (TPSA) is 117 Å². The molecular weight excluding hydrogens is 442 g/mol. The van der Waals surface area contributed by atoms with E-state index in [-0.39, 0.29) is 23.8 Å². The zero-order valence-electron chi connectivity index (χ0n) is 20.7. The Bertz CT molecular complexity index is 1100. The average molecular weight is 478 g/mol. The van der Waals surface area contributed by atoms with Gasteiger partial charge in [0.1, 0.15) is 5.82 Å². The second kappa shape index (κ2) is 10.5. The molecule has 4 rings (SSSR count). The number of piperidine rings is 1. The van der Waals surface area contributed by atoms with Crippen molar-refractivity contribution >= 4 is 29.1 Å². The van der Waals surface area contributed by atoms with E-state index in [1.165, 1.54) is 0 Å². The van der Waals surface area contributed by atoms with Crippen molar-refractivity contribution in [1.82, 2.24) is 10.3 Å². The lowest BCUT2D eigenvalue weighted by molar-refractivity contribution is 0.0934. The first-order valence-electron chi connectivity index (χ1n) is 12.5. The molecular formula is C27H35N5O3. The van der Waals surface area contributed by atoms with E-state index >= 15 is 0 Å². The number of carbonyl (C=O) groups excluding carboxylic acids is 3. The molecule has 2 fully saturated rings. The Morgan fingerprint density at radius 2 is 1.94 bits per heavy atom. The Kier molecular flexibility index (Phi) is 7.38. The molecule has 1 saturated heterocycles. The van der Waals surface area contributed by atoms with Crippen molar-refractivity contribution in [3.05, 3.63) is 53.2 Å². The maximum atomic E-state index is 13.1. The van der Waals surface area contributed by atoms with Gasteiger partial charge in [0, 0.05) is 47.7 Å². The van der Waals surface area contributed by atoms with Gasteiger partial charge >= 0.3 is 0 Å². The molecule has 1 aromatic carbocycles. The largest absolute Gasteiger partial charge is 0.382 e. The summed E-state index contributed by atoms with van der Waals surface area (Å²) in [6.45, 7) is 6.54. The minimum atomic E-state index is -0.521. The molecule has 1 saturated carbocycles. The lowest BCUT2D eigenvalue weighted by Crippen LogP contribution is -2.43. The Balaban J connectivity index is 1.46. The van der Waals surface area contributed by atoms with Crippen molar-refractivity contribution in [2.24, 2.45) is 11.7 Å². The van der Waals surface area contributed by atoms with Gasteiger partial charge in [0.2, 0.25) is 0 Å². The summed E-state index contributed by atoms with van der Waals surface area (Å²) in [7, 11) is 0. The van der Waals surface area contributed by atoms with Crippen molar-refractivity contribution in [1.29, 1.82) is 0 Å². The summed E-state index contributed by atoms with van der Waals surface area (Å²) in [6, 6.07) is 9.28. The Morgan fingerprint density at radius 1 is 1.17 bits per heavy atom. The van der Waals surface area contributed by atoms with Gasteiger partial charge in [-0.15, -0.1) is 0 Å². The minimum Gasteiger partial charge on any atom is -0.382 e. The molecule has 0 radical (unpaired) electrons. The lowest BCUT2D eigenvalue weighted by Gasteiger charge is -2.38. The number of rotatable bonds is 8. The second-order valence-corrected chi connectivity index (χ2v) is 9.84. The molecule has 1 aromatic heterocycles. The zero-order valence-corrected chi connectivity index (χ0v) is 20.7. The number of amides is 2. The van der Waals surface area contributed by atoms with Gasteiger partial charge in [-0.25, -0.2) is 4.98 Å². The van der Waals surface area contributed by atoms with E-state index in [4.69, 9.17) is 5.73 Å². The fourth-order valence-corrected chi connectivity index (χ4v) is 5.31. The molecule has 4 unspecified atom stereocenters. The number of nitrogens with zero attached hydrogens (tertiary/aromatic N) is 2. The number of pyridine rings is 1. The summed E-state index contributed by atoms with van der Waals surface area (Å²) in [4.78, 5) is 43.5. The fraction of sp³-hybridized carbons (Fsp3) is 0.481. The molecule has 0 bridgehead atoms. The third-order valence-corrected chi connectivity index (χ3v) is 7.38. The first kappa shape index (κ1) is 24.7. The molecule has 2 amide bonds. The van der Waals surface area contributed by atoms with Crippen LogP contribution in [-0.2, 0) is 0 Å². The van der Waals surface area contributed by atoms with Crippen molar-refractivity contribution in [2.75, 3.05) is 16.8 Å². The number of carbonyl (C=O) groups is 3. The van der Waals surface area contributed by atoms with E-state index < -0.39 is 5.91 Å². The highest BCUT2D eigenvalue weighted by atomic mass is 16.2. The third kappa shape index (κ3) is 5.47. The zero-order chi connectivity index (χ0) is 25.1. The number of ketones is 1. The van der Waals surface area contributed by atoms with Crippen LogP contribution in [0.25, 0.3) is 0 Å². The summed E-state index contributed by atoms with van der Waals surface area (Å²) in [5.74, 6) is 0.721. The van der Waals surface area contributed by atoms with E-state index in [9.17, 15) is 14.4 Å². The van der Waals surface area contributed by atoms with Gasteiger partial charge in [-0.1, -0.05) is 6.92 Å². The maximum Gasteiger partial charge on any atom is 0.251 e. The van der Waals surface area contributed by atoms with Crippen LogP contribution >= 0.6 is 0 Å². The van der Waals surface area contributed by atoms with Gasteiger partial charge in [0.05, 0.1) is 5.56 Å². The van der Waals surface area contributed by atoms with Gasteiger partial charge in [0.15, 0.2) is 5.78 Å². The molecule has 4 N–H and O–H groups in total. The maximum absolute atomic E-state index is 13.1. The Morgan fingerprint density at radius 3 is 2.60 bits per heavy atom. The molecule has 0 spiro atoms. The predicted octanol–water partition coefficient (Wildman–Crippen LogP) is 3.77. The van der Waals surface area contributed by atoms with Gasteiger partial charge in [-0.05, 0) is 82.2 Å². The van der Waals surface area contributed by atoms with Gasteiger partial charge < -0.3 is 21.3 Å². The normalized spacial score (nSPS) is 22.3. The smallest absolute Gasteiger partial charge is 0.251 e. The van der Waals surface area contributed by atoms with Crippen LogP contribution in [0.5, 0.6) is 0 Å². The van der Waals surface area contributed by atoms with Crippen LogP contribution in [-0.4, -0.2) is 47.3 Å². The number of benzene rings is 1. The number of fused-ring (bicyclic) bond motifs is 1. The van der Waals surface area contributed by atoms with Crippen molar-refractivity contribution in [3.63, 3.8) is 0 Å². The second-order valence-electron chi connectivity index (χ2n) is 9.84. The van der Waals surface area contributed by atoms with Gasteiger partial charge in [-0.2, -0.15) is 0 Å². The highest BCUT2D eigenvalue weighted by Gasteiger charge is 2.41. The van der Waals surface area contributed by atoms with Crippen LogP contribution in [0.3, 0.4) is 0 Å². The van der Waals surface area contributed by atoms with Gasteiger partial charge in [0.25, 0.3) is 11.8 Å². The highest BCUT2D eigenvalue weighted by molar-refractivity contribution is 6.02. The van der Waals surface area contributed by atoms with E-state index in [0.717, 1.165) is 44.5 Å². The lowest BCUT2D eigenvalue weighted by atomic mass is 9.92. The number of nitrogens with one attached hydrogen (secondary N) is 2. The SMILES string of the molecule is CCC(C)Nc1cc(C(=O)NC2CC3CCCN(c4ccc(C(C)=O)cn4)C3C2)ccc1C(N)=O. The number of anilines is 2. The summed E-state index contributed by atoms with van der Waals surface area (Å²) in [6.07, 6.45) is 6.52. The number of hydrogen-bond acceptors (Lipinski definition) is 6. The average Bonchev–Trinajstić information content (AvgIpc) is 3.26. The highest BCUT2D eigenvalue weighted by Crippen LogP contribution is 2.39. The summed E-state index contributed by atoms with van der Waals surface area (Å²) >= 11 is 0. The number of primary amides is 1. The molecule has 2 aliphatic rings. The third-order valence-electron chi connectivity index (χ3n) is 7.38. The molecule has 2 aromatic rings. The summed E-state index contributed by atoms with van der Waals surface area (Å²) in [5.41, 5.74) is 7.63. The summed E-state index contributed by atoms with van der Waals surface area (Å²) < 4.78 is 0. The number of hydrogen-bond donors (Lipinski definition) is 3. The van der Waals surface area contributed by atoms with Crippen molar-refractivity contribution < 1.29 is 14.4 Å². The fourth-order valence-electron chi connectivity index (χ4n) is 5.31. The minimum absolute atomic E-state index is 0.00980. The molecule has 8 heteroatoms. The Hall–Kier alpha value is -3.42. The molecule has 2 heterocycles. The standard InChI is InChI=1S/C27H35N5O3/c1-4-16(2)30-23-13-19(7-9-22(23)26(28)34)27(35)31-21-12-18-6-5-11-32(24(18)14-21)25-10-8-20(15-29-25)17(3)33/h7-10,13,15-16,18,21,24,30H,4-6,11-12,14H2,1-3H3,(H2,28,34)(H,31,35). The van der Waals surface area contributed by atoms with E-state index in [0.29, 0.717) is 34.3 Å². The van der Waals surface area contributed by atoms with Crippen molar-refractivity contribution in [3.8, 4) is 0 Å². The molecule has 186 valence electrons.